The summed E-state index contributed by atoms with van der Waals surface area (Å²) in [6.45, 7) is 2.20. The standard InChI is InChI=1S/C11H13Cl2NO/c12-10-2-1-7(3-11(10)13)9(4-14)8-5-15-6-8/h1-3,8-9H,4-6,14H2. The van der Waals surface area contributed by atoms with Crippen molar-refractivity contribution >= 4 is 23.2 Å². The Balaban J connectivity index is 2.21. The lowest BCUT2D eigenvalue weighted by Gasteiger charge is -2.33. The molecule has 0 spiro atoms. The van der Waals surface area contributed by atoms with Crippen molar-refractivity contribution in [2.24, 2.45) is 11.7 Å². The van der Waals surface area contributed by atoms with Gasteiger partial charge in [-0.05, 0) is 24.2 Å². The summed E-state index contributed by atoms with van der Waals surface area (Å²) in [5, 5.41) is 1.17. The zero-order valence-electron chi connectivity index (χ0n) is 8.25. The molecule has 0 radical (unpaired) electrons. The molecule has 2 N–H and O–H groups in total. The van der Waals surface area contributed by atoms with Crippen LogP contribution < -0.4 is 5.73 Å². The van der Waals surface area contributed by atoms with Crippen molar-refractivity contribution in [2.45, 2.75) is 5.92 Å². The highest BCUT2D eigenvalue weighted by molar-refractivity contribution is 6.42. The van der Waals surface area contributed by atoms with E-state index in [2.05, 4.69) is 0 Å². The minimum absolute atomic E-state index is 0.327. The summed E-state index contributed by atoms with van der Waals surface area (Å²) in [7, 11) is 0. The number of hydrogen-bond donors (Lipinski definition) is 1. The Morgan fingerprint density at radius 1 is 1.33 bits per heavy atom. The Labute approximate surface area is 99.3 Å². The van der Waals surface area contributed by atoms with Crippen molar-refractivity contribution in [2.75, 3.05) is 19.8 Å². The molecule has 0 amide bonds. The number of hydrogen-bond acceptors (Lipinski definition) is 2. The van der Waals surface area contributed by atoms with Gasteiger partial charge in [-0.15, -0.1) is 0 Å². The molecule has 82 valence electrons. The Morgan fingerprint density at radius 3 is 2.53 bits per heavy atom. The summed E-state index contributed by atoms with van der Waals surface area (Å²) in [6, 6.07) is 5.71. The fraction of sp³-hybridized carbons (Fsp3) is 0.455. The molecule has 0 bridgehead atoms. The summed E-state index contributed by atoms with van der Waals surface area (Å²) >= 11 is 11.8. The zero-order chi connectivity index (χ0) is 10.8. The van der Waals surface area contributed by atoms with Crippen molar-refractivity contribution in [3.8, 4) is 0 Å². The van der Waals surface area contributed by atoms with Crippen LogP contribution in [0, 0.1) is 5.92 Å². The van der Waals surface area contributed by atoms with Crippen LogP contribution in [0.1, 0.15) is 11.5 Å². The van der Waals surface area contributed by atoms with Crippen molar-refractivity contribution in [3.05, 3.63) is 33.8 Å². The predicted molar refractivity (Wildman–Crippen MR) is 62.6 cm³/mol. The molecule has 1 aliphatic rings. The fourth-order valence-corrected chi connectivity index (χ4v) is 2.14. The van der Waals surface area contributed by atoms with Gasteiger partial charge in [-0.1, -0.05) is 29.3 Å². The van der Waals surface area contributed by atoms with Gasteiger partial charge in [0, 0.05) is 11.8 Å². The van der Waals surface area contributed by atoms with Gasteiger partial charge in [0.1, 0.15) is 0 Å². The first-order valence-electron chi connectivity index (χ1n) is 4.95. The number of nitrogens with two attached hydrogens (primary N) is 1. The van der Waals surface area contributed by atoms with Crippen molar-refractivity contribution in [1.29, 1.82) is 0 Å². The van der Waals surface area contributed by atoms with Crippen LogP contribution in [0.25, 0.3) is 0 Å². The molecule has 1 fully saturated rings. The largest absolute Gasteiger partial charge is 0.381 e. The molecule has 1 aromatic rings. The Kier molecular flexibility index (Phi) is 3.52. The third kappa shape index (κ3) is 2.28. The van der Waals surface area contributed by atoms with E-state index in [0.717, 1.165) is 18.8 Å². The van der Waals surface area contributed by atoms with Crippen LogP contribution in [-0.4, -0.2) is 19.8 Å². The van der Waals surface area contributed by atoms with Crippen molar-refractivity contribution in [3.63, 3.8) is 0 Å². The third-order valence-electron chi connectivity index (χ3n) is 2.86. The monoisotopic (exact) mass is 245 g/mol. The molecule has 1 saturated heterocycles. The second-order valence-corrected chi connectivity index (χ2v) is 4.63. The normalized spacial score (nSPS) is 18.6. The van der Waals surface area contributed by atoms with Gasteiger partial charge in [-0.2, -0.15) is 0 Å². The topological polar surface area (TPSA) is 35.2 Å². The highest BCUT2D eigenvalue weighted by Crippen LogP contribution is 2.32. The predicted octanol–water partition coefficient (Wildman–Crippen LogP) is 2.68. The van der Waals surface area contributed by atoms with Crippen LogP contribution in [0.5, 0.6) is 0 Å². The van der Waals surface area contributed by atoms with E-state index in [1.54, 1.807) is 0 Å². The molecule has 1 aromatic carbocycles. The molecule has 1 unspecified atom stereocenters. The Morgan fingerprint density at radius 2 is 2.07 bits per heavy atom. The van der Waals surface area contributed by atoms with E-state index in [0.29, 0.717) is 28.4 Å². The van der Waals surface area contributed by atoms with E-state index in [1.807, 2.05) is 18.2 Å². The molecule has 2 nitrogen and oxygen atoms in total. The molecule has 2 rings (SSSR count). The maximum absolute atomic E-state index is 5.98. The highest BCUT2D eigenvalue weighted by atomic mass is 35.5. The minimum atomic E-state index is 0.327. The van der Waals surface area contributed by atoms with Gasteiger partial charge in [0.15, 0.2) is 0 Å². The molecule has 1 aliphatic heterocycles. The number of halogens is 2. The van der Waals surface area contributed by atoms with Crippen LogP contribution in [0.4, 0.5) is 0 Å². The molecule has 1 heterocycles. The van der Waals surface area contributed by atoms with Gasteiger partial charge in [0.25, 0.3) is 0 Å². The molecule has 0 aliphatic carbocycles. The van der Waals surface area contributed by atoms with Gasteiger partial charge < -0.3 is 10.5 Å². The summed E-state index contributed by atoms with van der Waals surface area (Å²) in [4.78, 5) is 0. The Hall–Kier alpha value is -0.280. The third-order valence-corrected chi connectivity index (χ3v) is 3.60. The SMILES string of the molecule is NCC(c1ccc(Cl)c(Cl)c1)C1COC1. The quantitative estimate of drug-likeness (QED) is 0.889. The smallest absolute Gasteiger partial charge is 0.0595 e. The summed E-state index contributed by atoms with van der Waals surface area (Å²) in [5.74, 6) is 0.848. The Bertz CT molecular complexity index is 352. The maximum Gasteiger partial charge on any atom is 0.0595 e. The number of ether oxygens (including phenoxy) is 1. The maximum atomic E-state index is 5.98. The lowest BCUT2D eigenvalue weighted by atomic mass is 9.85. The average molecular weight is 246 g/mol. The lowest BCUT2D eigenvalue weighted by molar-refractivity contribution is -0.0437. The zero-order valence-corrected chi connectivity index (χ0v) is 9.76. The number of benzene rings is 1. The van der Waals surface area contributed by atoms with E-state index >= 15 is 0 Å². The van der Waals surface area contributed by atoms with Crippen LogP contribution >= 0.6 is 23.2 Å². The van der Waals surface area contributed by atoms with Crippen molar-refractivity contribution < 1.29 is 4.74 Å². The first kappa shape index (κ1) is 11.2. The van der Waals surface area contributed by atoms with E-state index in [-0.39, 0.29) is 0 Å². The van der Waals surface area contributed by atoms with E-state index < -0.39 is 0 Å². The van der Waals surface area contributed by atoms with Crippen LogP contribution in [0.3, 0.4) is 0 Å². The second-order valence-electron chi connectivity index (χ2n) is 3.81. The number of rotatable bonds is 3. The molecule has 15 heavy (non-hydrogen) atoms. The van der Waals surface area contributed by atoms with Crippen LogP contribution in [0.2, 0.25) is 10.0 Å². The molecule has 4 heteroatoms. The van der Waals surface area contributed by atoms with E-state index in [9.17, 15) is 0 Å². The molecule has 1 atom stereocenters. The molecule has 0 aromatic heterocycles. The average Bonchev–Trinajstić information content (AvgIpc) is 2.16. The van der Waals surface area contributed by atoms with E-state index in [1.165, 1.54) is 0 Å². The summed E-state index contributed by atoms with van der Waals surface area (Å²) < 4.78 is 5.18. The molecule has 0 saturated carbocycles. The van der Waals surface area contributed by atoms with Gasteiger partial charge in [-0.25, -0.2) is 0 Å². The first-order valence-corrected chi connectivity index (χ1v) is 5.70. The first-order chi connectivity index (χ1) is 7.22. The van der Waals surface area contributed by atoms with Gasteiger partial charge >= 0.3 is 0 Å². The summed E-state index contributed by atoms with van der Waals surface area (Å²) in [5.41, 5.74) is 6.92. The minimum Gasteiger partial charge on any atom is -0.381 e. The molecular formula is C11H13Cl2NO. The second kappa shape index (κ2) is 4.71. The van der Waals surface area contributed by atoms with Crippen LogP contribution in [-0.2, 0) is 4.74 Å². The van der Waals surface area contributed by atoms with E-state index in [4.69, 9.17) is 33.7 Å². The van der Waals surface area contributed by atoms with Crippen LogP contribution in [0.15, 0.2) is 18.2 Å². The van der Waals surface area contributed by atoms with Gasteiger partial charge in [-0.3, -0.25) is 0 Å². The summed E-state index contributed by atoms with van der Waals surface area (Å²) in [6.07, 6.45) is 0. The van der Waals surface area contributed by atoms with Gasteiger partial charge in [0.2, 0.25) is 0 Å². The molecular weight excluding hydrogens is 233 g/mol. The fourth-order valence-electron chi connectivity index (χ4n) is 1.83. The van der Waals surface area contributed by atoms with Gasteiger partial charge in [0.05, 0.1) is 23.3 Å². The lowest BCUT2D eigenvalue weighted by Crippen LogP contribution is -2.36. The van der Waals surface area contributed by atoms with Crippen molar-refractivity contribution in [1.82, 2.24) is 0 Å². The highest BCUT2D eigenvalue weighted by Gasteiger charge is 2.28.